The van der Waals surface area contributed by atoms with Gasteiger partial charge in [-0.05, 0) is 46.8 Å². The summed E-state index contributed by atoms with van der Waals surface area (Å²) in [5.41, 5.74) is 6.24. The summed E-state index contributed by atoms with van der Waals surface area (Å²) in [4.78, 5) is 13.8. The molecule has 1 amide bonds. The van der Waals surface area contributed by atoms with Gasteiger partial charge in [0, 0.05) is 20.1 Å². The van der Waals surface area contributed by atoms with Gasteiger partial charge in [0.05, 0.1) is 9.20 Å². The van der Waals surface area contributed by atoms with E-state index in [4.69, 9.17) is 5.73 Å². The number of nitrogens with two attached hydrogens (primary N) is 1. The first-order valence-electron chi connectivity index (χ1n) is 5.05. The van der Waals surface area contributed by atoms with Crippen LogP contribution in [0.3, 0.4) is 0 Å². The Morgan fingerprint density at radius 1 is 1.59 bits per heavy atom. The molecule has 1 aromatic heterocycles. The molecule has 98 valence electrons. The Labute approximate surface area is 121 Å². The van der Waals surface area contributed by atoms with Crippen molar-refractivity contribution in [2.75, 3.05) is 13.6 Å². The van der Waals surface area contributed by atoms with Crippen molar-refractivity contribution in [2.24, 2.45) is 11.1 Å². The molecular weight excluding hydrogens is 324 g/mol. The average Bonchev–Trinajstić information content (AvgIpc) is 2.62. The molecule has 0 spiro atoms. The van der Waals surface area contributed by atoms with Crippen LogP contribution in [0.4, 0.5) is 0 Å². The van der Waals surface area contributed by atoms with Crippen molar-refractivity contribution < 1.29 is 4.79 Å². The summed E-state index contributed by atoms with van der Waals surface area (Å²) in [6.07, 6.45) is 0. The van der Waals surface area contributed by atoms with Gasteiger partial charge in [0.2, 0.25) is 5.91 Å². The summed E-state index contributed by atoms with van der Waals surface area (Å²) in [5, 5.41) is 2.04. The Morgan fingerprint density at radius 3 is 2.59 bits per heavy atom. The maximum atomic E-state index is 12.0. The molecule has 3 nitrogen and oxygen atoms in total. The summed E-state index contributed by atoms with van der Waals surface area (Å²) < 4.78 is 1.08. The van der Waals surface area contributed by atoms with Gasteiger partial charge in [-0.2, -0.15) is 0 Å². The number of rotatable bonds is 4. The fraction of sp³-hybridized carbons (Fsp3) is 0.545. The number of thiophene rings is 1. The van der Waals surface area contributed by atoms with Crippen LogP contribution in [0.2, 0.25) is 0 Å². The van der Waals surface area contributed by atoms with Gasteiger partial charge in [-0.3, -0.25) is 4.79 Å². The van der Waals surface area contributed by atoms with Crippen LogP contribution in [0.1, 0.15) is 19.4 Å². The smallest absolute Gasteiger partial charge is 0.229 e. The second-order valence-electron chi connectivity index (χ2n) is 4.51. The molecule has 0 unspecified atom stereocenters. The van der Waals surface area contributed by atoms with Crippen molar-refractivity contribution in [1.82, 2.24) is 4.90 Å². The van der Waals surface area contributed by atoms with Crippen molar-refractivity contribution >= 4 is 45.6 Å². The minimum absolute atomic E-state index is 0. The Kier molecular flexibility index (Phi) is 6.69. The molecule has 1 aromatic rings. The predicted molar refractivity (Wildman–Crippen MR) is 78.6 cm³/mol. The topological polar surface area (TPSA) is 46.3 Å². The number of hydrogen-bond acceptors (Lipinski definition) is 3. The summed E-state index contributed by atoms with van der Waals surface area (Å²) in [6, 6.07) is 2.03. The van der Waals surface area contributed by atoms with Gasteiger partial charge >= 0.3 is 0 Å². The number of amides is 1. The van der Waals surface area contributed by atoms with E-state index >= 15 is 0 Å². The predicted octanol–water partition coefficient (Wildman–Crippen LogP) is 2.88. The molecule has 6 heteroatoms. The fourth-order valence-corrected chi connectivity index (χ4v) is 2.58. The largest absolute Gasteiger partial charge is 0.341 e. The number of carbonyl (C=O) groups excluding carboxylic acids is 1. The van der Waals surface area contributed by atoms with E-state index in [0.717, 1.165) is 9.35 Å². The van der Waals surface area contributed by atoms with Crippen LogP contribution in [0, 0.1) is 5.41 Å². The Balaban J connectivity index is 0.00000256. The van der Waals surface area contributed by atoms with Crippen LogP contribution in [0.15, 0.2) is 15.2 Å². The first-order chi connectivity index (χ1) is 7.36. The average molecular weight is 342 g/mol. The second kappa shape index (κ2) is 6.73. The molecule has 1 rings (SSSR count). The molecule has 0 aromatic carbocycles. The lowest BCUT2D eigenvalue weighted by molar-refractivity contribution is -0.139. The number of halogens is 2. The van der Waals surface area contributed by atoms with Gasteiger partial charge in [-0.15, -0.1) is 23.7 Å². The summed E-state index contributed by atoms with van der Waals surface area (Å²) in [5.74, 6) is 0.0809. The Bertz CT molecular complexity index is 381. The summed E-state index contributed by atoms with van der Waals surface area (Å²) in [7, 11) is 1.81. The van der Waals surface area contributed by atoms with Crippen molar-refractivity contribution in [2.45, 2.75) is 20.4 Å². The molecule has 0 bridgehead atoms. The van der Waals surface area contributed by atoms with E-state index in [1.54, 1.807) is 16.2 Å². The Morgan fingerprint density at radius 2 is 2.18 bits per heavy atom. The maximum Gasteiger partial charge on any atom is 0.229 e. The molecule has 0 atom stereocenters. The molecule has 2 N–H and O–H groups in total. The van der Waals surface area contributed by atoms with Gasteiger partial charge in [0.1, 0.15) is 0 Å². The van der Waals surface area contributed by atoms with Crippen molar-refractivity contribution in [3.8, 4) is 0 Å². The molecule has 0 aliphatic carbocycles. The van der Waals surface area contributed by atoms with Crippen LogP contribution < -0.4 is 5.73 Å². The highest BCUT2D eigenvalue weighted by molar-refractivity contribution is 9.11. The number of carbonyl (C=O) groups is 1. The minimum atomic E-state index is -0.484. The lowest BCUT2D eigenvalue weighted by atomic mass is 9.92. The van der Waals surface area contributed by atoms with E-state index in [9.17, 15) is 4.79 Å². The zero-order valence-electron chi connectivity index (χ0n) is 10.2. The summed E-state index contributed by atoms with van der Waals surface area (Å²) >= 11 is 5.03. The highest BCUT2D eigenvalue weighted by Gasteiger charge is 2.28. The molecule has 0 saturated carbocycles. The molecule has 1 heterocycles. The normalized spacial score (nSPS) is 10.9. The molecule has 0 aliphatic rings. The SMILES string of the molecule is CN(Cc1csc(Br)c1)C(=O)C(C)(C)CN.Cl. The van der Waals surface area contributed by atoms with E-state index in [-0.39, 0.29) is 18.3 Å². The van der Waals surface area contributed by atoms with E-state index in [0.29, 0.717) is 13.1 Å². The fourth-order valence-electron chi connectivity index (χ4n) is 1.38. The monoisotopic (exact) mass is 340 g/mol. The molecule has 0 aliphatic heterocycles. The van der Waals surface area contributed by atoms with E-state index in [2.05, 4.69) is 15.9 Å². The minimum Gasteiger partial charge on any atom is -0.341 e. The van der Waals surface area contributed by atoms with Gasteiger partial charge in [-0.1, -0.05) is 0 Å². The standard InChI is InChI=1S/C11H17BrN2OS.ClH/c1-11(2,7-13)10(15)14(3)5-8-4-9(12)16-6-8;/h4,6H,5,7,13H2,1-3H3;1H. The van der Waals surface area contributed by atoms with E-state index < -0.39 is 5.41 Å². The molecule has 0 fully saturated rings. The quantitative estimate of drug-likeness (QED) is 0.915. The molecule has 0 radical (unpaired) electrons. The van der Waals surface area contributed by atoms with Crippen LogP contribution in [-0.2, 0) is 11.3 Å². The zero-order valence-corrected chi connectivity index (χ0v) is 13.4. The number of nitrogens with zero attached hydrogens (tertiary/aromatic N) is 1. The third kappa shape index (κ3) is 4.58. The van der Waals surface area contributed by atoms with E-state index in [1.165, 1.54) is 0 Å². The van der Waals surface area contributed by atoms with Crippen LogP contribution in [-0.4, -0.2) is 24.4 Å². The Hall–Kier alpha value is -0.100. The maximum absolute atomic E-state index is 12.0. The lowest BCUT2D eigenvalue weighted by Gasteiger charge is -2.27. The first kappa shape index (κ1) is 16.9. The molecule has 0 saturated heterocycles. The highest BCUT2D eigenvalue weighted by Crippen LogP contribution is 2.23. The highest BCUT2D eigenvalue weighted by atomic mass is 79.9. The lowest BCUT2D eigenvalue weighted by Crippen LogP contribution is -2.42. The van der Waals surface area contributed by atoms with Gasteiger partial charge in [0.15, 0.2) is 0 Å². The van der Waals surface area contributed by atoms with Crippen molar-refractivity contribution in [3.05, 3.63) is 20.8 Å². The van der Waals surface area contributed by atoms with Crippen molar-refractivity contribution in [3.63, 3.8) is 0 Å². The van der Waals surface area contributed by atoms with Gasteiger partial charge < -0.3 is 10.6 Å². The summed E-state index contributed by atoms with van der Waals surface area (Å²) in [6.45, 7) is 4.73. The third-order valence-electron chi connectivity index (χ3n) is 2.48. The number of hydrogen-bond donors (Lipinski definition) is 1. The second-order valence-corrected chi connectivity index (χ2v) is 6.80. The van der Waals surface area contributed by atoms with Crippen LogP contribution in [0.25, 0.3) is 0 Å². The van der Waals surface area contributed by atoms with Crippen LogP contribution >= 0.6 is 39.7 Å². The van der Waals surface area contributed by atoms with E-state index in [1.807, 2.05) is 32.3 Å². The van der Waals surface area contributed by atoms with Crippen LogP contribution in [0.5, 0.6) is 0 Å². The van der Waals surface area contributed by atoms with Crippen molar-refractivity contribution in [1.29, 1.82) is 0 Å². The molecular formula is C11H18BrClN2OS. The van der Waals surface area contributed by atoms with Gasteiger partial charge in [0.25, 0.3) is 0 Å². The molecule has 17 heavy (non-hydrogen) atoms. The zero-order chi connectivity index (χ0) is 12.3. The third-order valence-corrected chi connectivity index (χ3v) is 4.03. The first-order valence-corrected chi connectivity index (χ1v) is 6.72. The van der Waals surface area contributed by atoms with Gasteiger partial charge in [-0.25, -0.2) is 0 Å².